The highest BCUT2D eigenvalue weighted by atomic mass is 35.5. The molecule has 3 aromatic rings. The van der Waals surface area contributed by atoms with Crippen LogP contribution < -0.4 is 10.1 Å². The van der Waals surface area contributed by atoms with Gasteiger partial charge in [0.2, 0.25) is 0 Å². The maximum atomic E-state index is 12.9. The fourth-order valence-electron chi connectivity index (χ4n) is 3.99. The van der Waals surface area contributed by atoms with E-state index in [0.717, 1.165) is 14.9 Å². The van der Waals surface area contributed by atoms with Crippen molar-refractivity contribution >= 4 is 64.2 Å². The van der Waals surface area contributed by atoms with Gasteiger partial charge in [-0.3, -0.25) is 14.5 Å². The van der Waals surface area contributed by atoms with Crippen LogP contribution in [0, 0.1) is 13.8 Å². The van der Waals surface area contributed by atoms with E-state index in [0.29, 0.717) is 33.6 Å². The zero-order valence-corrected chi connectivity index (χ0v) is 23.3. The SMILES string of the molecule is Cc1nnc(SCC2=C(C(=O)O)N3C(=O)[C@@H](NC(=O)c4ccc(COc5ccc(Cl)cc5C)o4)[C@H]3SC2)s1. The number of fused-ring (bicyclic) bond motifs is 1. The number of carbonyl (C=O) groups excluding carboxylic acids is 2. The summed E-state index contributed by atoms with van der Waals surface area (Å²) in [7, 11) is 0. The van der Waals surface area contributed by atoms with E-state index in [1.165, 1.54) is 45.8 Å². The summed E-state index contributed by atoms with van der Waals surface area (Å²) in [5.74, 6) is -0.317. The summed E-state index contributed by atoms with van der Waals surface area (Å²) < 4.78 is 12.1. The highest BCUT2D eigenvalue weighted by Crippen LogP contribution is 2.42. The van der Waals surface area contributed by atoms with Crippen LogP contribution in [0.4, 0.5) is 0 Å². The lowest BCUT2D eigenvalue weighted by Crippen LogP contribution is -2.70. The van der Waals surface area contributed by atoms with Gasteiger partial charge in [0, 0.05) is 16.5 Å². The van der Waals surface area contributed by atoms with Crippen LogP contribution in [0.5, 0.6) is 5.75 Å². The van der Waals surface area contributed by atoms with Crippen LogP contribution >= 0.6 is 46.5 Å². The Bertz CT molecular complexity index is 1450. The number of nitrogens with one attached hydrogen (secondary N) is 1. The molecule has 1 saturated heterocycles. The highest BCUT2D eigenvalue weighted by Gasteiger charge is 2.54. The first-order valence-electron chi connectivity index (χ1n) is 11.3. The van der Waals surface area contributed by atoms with Crippen molar-refractivity contribution in [2.75, 3.05) is 11.5 Å². The highest BCUT2D eigenvalue weighted by molar-refractivity contribution is 8.01. The number of β-lactam (4-membered cyclic amide) rings is 1. The molecule has 1 fully saturated rings. The van der Waals surface area contributed by atoms with Gasteiger partial charge in [-0.25, -0.2) is 4.79 Å². The largest absolute Gasteiger partial charge is 0.485 e. The maximum absolute atomic E-state index is 12.9. The summed E-state index contributed by atoms with van der Waals surface area (Å²) in [4.78, 5) is 39.0. The molecule has 0 saturated carbocycles. The van der Waals surface area contributed by atoms with Crippen LogP contribution in [0.1, 0.15) is 26.9 Å². The fraction of sp³-hybridized carbons (Fsp3) is 0.292. The zero-order chi connectivity index (χ0) is 27.0. The van der Waals surface area contributed by atoms with Crippen molar-refractivity contribution in [3.63, 3.8) is 0 Å². The first-order valence-corrected chi connectivity index (χ1v) is 14.6. The van der Waals surface area contributed by atoms with Gasteiger partial charge in [-0.2, -0.15) is 0 Å². The van der Waals surface area contributed by atoms with Crippen LogP contribution in [0.15, 0.2) is 50.4 Å². The molecule has 10 nitrogen and oxygen atoms in total. The average molecular weight is 593 g/mol. The number of rotatable bonds is 9. The number of aliphatic carboxylic acids is 1. The van der Waals surface area contributed by atoms with Crippen LogP contribution in [-0.2, 0) is 16.2 Å². The molecule has 2 aliphatic heterocycles. The molecular formula is C24H21ClN4O6S3. The molecule has 2 amide bonds. The number of hydrogen-bond acceptors (Lipinski definition) is 10. The molecule has 38 heavy (non-hydrogen) atoms. The van der Waals surface area contributed by atoms with Gasteiger partial charge in [0.25, 0.3) is 11.8 Å². The third-order valence-corrected chi connectivity index (χ3v) is 9.44. The van der Waals surface area contributed by atoms with Crippen molar-refractivity contribution in [1.29, 1.82) is 0 Å². The van der Waals surface area contributed by atoms with Gasteiger partial charge in [0.05, 0.1) is 0 Å². The lowest BCUT2D eigenvalue weighted by molar-refractivity contribution is -0.148. The van der Waals surface area contributed by atoms with Crippen molar-refractivity contribution in [3.8, 4) is 5.75 Å². The Kier molecular flexibility index (Phi) is 7.70. The monoisotopic (exact) mass is 592 g/mol. The molecule has 198 valence electrons. The van der Waals surface area contributed by atoms with Crippen molar-refractivity contribution in [2.24, 2.45) is 0 Å². The van der Waals surface area contributed by atoms with Crippen LogP contribution in [0.3, 0.4) is 0 Å². The molecule has 2 aromatic heterocycles. The van der Waals surface area contributed by atoms with Gasteiger partial charge in [0.15, 0.2) is 10.1 Å². The summed E-state index contributed by atoms with van der Waals surface area (Å²) in [5.41, 5.74) is 1.46. The Hall–Kier alpha value is -3.00. The van der Waals surface area contributed by atoms with Gasteiger partial charge in [-0.1, -0.05) is 34.7 Å². The normalized spacial score (nSPS) is 18.7. The number of furan rings is 1. The van der Waals surface area contributed by atoms with E-state index in [-0.39, 0.29) is 18.1 Å². The minimum absolute atomic E-state index is 0.0296. The number of carboxylic acid groups (broad SMARTS) is 1. The van der Waals surface area contributed by atoms with Crippen molar-refractivity contribution in [3.05, 3.63) is 68.7 Å². The van der Waals surface area contributed by atoms with Crippen molar-refractivity contribution < 1.29 is 28.6 Å². The number of carbonyl (C=O) groups is 3. The Morgan fingerprint density at radius 2 is 2.11 bits per heavy atom. The Morgan fingerprint density at radius 3 is 2.82 bits per heavy atom. The predicted molar refractivity (Wildman–Crippen MR) is 144 cm³/mol. The minimum Gasteiger partial charge on any atom is -0.485 e. The Morgan fingerprint density at radius 1 is 1.29 bits per heavy atom. The number of thioether (sulfide) groups is 2. The number of ether oxygens (including phenoxy) is 1. The minimum atomic E-state index is -1.18. The van der Waals surface area contributed by atoms with Crippen LogP contribution in [-0.4, -0.2) is 60.9 Å². The topological polar surface area (TPSA) is 135 Å². The van der Waals surface area contributed by atoms with Crippen LogP contribution in [0.25, 0.3) is 0 Å². The summed E-state index contributed by atoms with van der Waals surface area (Å²) in [6.45, 7) is 3.82. The van der Waals surface area contributed by atoms with Gasteiger partial charge >= 0.3 is 5.97 Å². The van der Waals surface area contributed by atoms with E-state index in [9.17, 15) is 19.5 Å². The number of aromatic nitrogens is 2. The summed E-state index contributed by atoms with van der Waals surface area (Å²) >= 11 is 10.2. The first kappa shape index (κ1) is 26.6. The number of halogens is 1. The van der Waals surface area contributed by atoms with E-state index in [1.54, 1.807) is 24.3 Å². The number of nitrogens with zero attached hydrogens (tertiary/aromatic N) is 3. The summed E-state index contributed by atoms with van der Waals surface area (Å²) in [6.07, 6.45) is 0. The molecule has 0 unspecified atom stereocenters. The average Bonchev–Trinajstić information content (AvgIpc) is 3.53. The second-order valence-electron chi connectivity index (χ2n) is 8.46. The third-order valence-electron chi connectivity index (χ3n) is 5.81. The molecule has 2 N–H and O–H groups in total. The Labute approximate surface area is 234 Å². The first-order chi connectivity index (χ1) is 18.2. The molecule has 0 radical (unpaired) electrons. The Balaban J connectivity index is 1.20. The number of carboxylic acids is 1. The third kappa shape index (κ3) is 5.41. The predicted octanol–water partition coefficient (Wildman–Crippen LogP) is 4.12. The second-order valence-corrected chi connectivity index (χ2v) is 12.4. The van der Waals surface area contributed by atoms with E-state index in [2.05, 4.69) is 15.5 Å². The van der Waals surface area contributed by atoms with Crippen molar-refractivity contribution in [2.45, 2.75) is 36.2 Å². The zero-order valence-electron chi connectivity index (χ0n) is 20.1. The van der Waals surface area contributed by atoms with Crippen molar-refractivity contribution in [1.82, 2.24) is 20.4 Å². The number of amides is 2. The van der Waals surface area contributed by atoms with Gasteiger partial charge in [-0.15, -0.1) is 22.0 Å². The number of aryl methyl sites for hydroxylation is 2. The molecule has 2 aliphatic rings. The molecule has 0 bridgehead atoms. The molecule has 1 aromatic carbocycles. The number of benzene rings is 1. The number of hydrogen-bond donors (Lipinski definition) is 2. The fourth-order valence-corrected chi connectivity index (χ4v) is 7.52. The molecule has 14 heteroatoms. The molecule has 2 atom stereocenters. The van der Waals surface area contributed by atoms with E-state index < -0.39 is 29.2 Å². The molecule has 4 heterocycles. The molecule has 0 aliphatic carbocycles. The van der Waals surface area contributed by atoms with E-state index >= 15 is 0 Å². The van der Waals surface area contributed by atoms with E-state index in [4.69, 9.17) is 20.8 Å². The quantitative estimate of drug-likeness (QED) is 0.276. The summed E-state index contributed by atoms with van der Waals surface area (Å²) in [5, 5.41) is 21.5. The maximum Gasteiger partial charge on any atom is 0.352 e. The molecule has 0 spiro atoms. The summed E-state index contributed by atoms with van der Waals surface area (Å²) in [6, 6.07) is 7.53. The lowest BCUT2D eigenvalue weighted by Gasteiger charge is -2.49. The van der Waals surface area contributed by atoms with E-state index in [1.807, 2.05) is 13.8 Å². The second kappa shape index (κ2) is 11.0. The van der Waals surface area contributed by atoms with Gasteiger partial charge < -0.3 is 19.6 Å². The lowest BCUT2D eigenvalue weighted by atomic mass is 10.0. The van der Waals surface area contributed by atoms with Gasteiger partial charge in [-0.05, 0) is 55.3 Å². The molecular weight excluding hydrogens is 572 g/mol. The standard InChI is InChI=1S/C24H21ClN4O6S3/c1-11-7-14(25)3-5-16(11)34-8-15-4-6-17(35-15)20(30)26-18-21(31)29-19(23(32)33)13(9-36-22(18)29)10-37-24-28-27-12(2)38-24/h3-7,18,22H,8-10H2,1-2H3,(H,26,30)(H,32,33)/t18-,22-/m1/s1. The van der Waals surface area contributed by atoms with Gasteiger partial charge in [0.1, 0.15) is 40.2 Å². The van der Waals surface area contributed by atoms with Crippen LogP contribution in [0.2, 0.25) is 5.02 Å². The molecule has 5 rings (SSSR count). The smallest absolute Gasteiger partial charge is 0.352 e.